The van der Waals surface area contributed by atoms with Crippen molar-refractivity contribution in [2.45, 2.75) is 25.0 Å². The predicted molar refractivity (Wildman–Crippen MR) is 50.3 cm³/mol. The van der Waals surface area contributed by atoms with Gasteiger partial charge in [-0.3, -0.25) is 0 Å². The minimum atomic E-state index is -0.940. The lowest BCUT2D eigenvalue weighted by molar-refractivity contribution is -0.00276. The van der Waals surface area contributed by atoms with Crippen LogP contribution in [-0.4, -0.2) is 17.8 Å². The summed E-state index contributed by atoms with van der Waals surface area (Å²) in [5.41, 5.74) is 0.362. The largest absolute Gasteiger partial charge is 0.386 e. The third-order valence-electron chi connectivity index (χ3n) is 2.60. The second kappa shape index (κ2) is 4.24. The first kappa shape index (κ1) is 10.5. The maximum absolute atomic E-state index is 12.9. The minimum Gasteiger partial charge on any atom is -0.386 e. The second-order valence-corrected chi connectivity index (χ2v) is 3.67. The van der Waals surface area contributed by atoms with Crippen molar-refractivity contribution in [3.63, 3.8) is 0 Å². The van der Waals surface area contributed by atoms with E-state index < -0.39 is 17.7 Å². The Bertz CT molecular complexity index is 348. The van der Waals surface area contributed by atoms with Crippen LogP contribution < -0.4 is 0 Å². The highest BCUT2D eigenvalue weighted by molar-refractivity contribution is 5.21. The normalized spacial score (nSPS) is 23.0. The molecular weight excluding hydrogens is 202 g/mol. The Labute approximate surface area is 86.5 Å². The molecule has 0 aromatic heterocycles. The molecule has 0 spiro atoms. The van der Waals surface area contributed by atoms with E-state index in [4.69, 9.17) is 4.74 Å². The van der Waals surface area contributed by atoms with Gasteiger partial charge in [0.2, 0.25) is 0 Å². The lowest BCUT2D eigenvalue weighted by Gasteiger charge is -2.17. The average molecular weight is 214 g/mol. The molecule has 1 aliphatic rings. The van der Waals surface area contributed by atoms with E-state index in [2.05, 4.69) is 0 Å². The maximum Gasteiger partial charge on any atom is 0.159 e. The van der Waals surface area contributed by atoms with E-state index in [0.717, 1.165) is 25.0 Å². The van der Waals surface area contributed by atoms with Crippen molar-refractivity contribution in [2.24, 2.45) is 0 Å². The number of hydrogen-bond acceptors (Lipinski definition) is 2. The van der Waals surface area contributed by atoms with Crippen LogP contribution in [0, 0.1) is 11.6 Å². The first-order valence-corrected chi connectivity index (χ1v) is 4.93. The Morgan fingerprint density at radius 1 is 1.33 bits per heavy atom. The molecule has 2 nitrogen and oxygen atoms in total. The van der Waals surface area contributed by atoms with Crippen LogP contribution >= 0.6 is 0 Å². The summed E-state index contributed by atoms with van der Waals surface area (Å²) in [6, 6.07) is 3.41. The number of aliphatic hydroxyl groups excluding tert-OH is 1. The van der Waals surface area contributed by atoms with Crippen molar-refractivity contribution in [1.29, 1.82) is 0 Å². The van der Waals surface area contributed by atoms with Gasteiger partial charge in [-0.1, -0.05) is 6.07 Å². The SMILES string of the molecule is OC(c1ccc(F)c(F)c1)C1CCCO1. The van der Waals surface area contributed by atoms with E-state index in [1.807, 2.05) is 0 Å². The topological polar surface area (TPSA) is 29.5 Å². The molecule has 4 heteroatoms. The van der Waals surface area contributed by atoms with Crippen LogP contribution in [0.2, 0.25) is 0 Å². The first-order chi connectivity index (χ1) is 7.18. The third kappa shape index (κ3) is 2.16. The van der Waals surface area contributed by atoms with Crippen LogP contribution in [0.3, 0.4) is 0 Å². The summed E-state index contributed by atoms with van der Waals surface area (Å²) < 4.78 is 30.8. The molecule has 15 heavy (non-hydrogen) atoms. The Kier molecular flexibility index (Phi) is 2.98. The third-order valence-corrected chi connectivity index (χ3v) is 2.60. The van der Waals surface area contributed by atoms with Gasteiger partial charge in [0.15, 0.2) is 11.6 Å². The van der Waals surface area contributed by atoms with Crippen LogP contribution in [0.15, 0.2) is 18.2 Å². The monoisotopic (exact) mass is 214 g/mol. The lowest BCUT2D eigenvalue weighted by atomic mass is 10.0. The maximum atomic E-state index is 12.9. The van der Waals surface area contributed by atoms with Gasteiger partial charge in [-0.15, -0.1) is 0 Å². The highest BCUT2D eigenvalue weighted by Gasteiger charge is 2.25. The molecule has 2 atom stereocenters. The molecule has 1 fully saturated rings. The molecule has 1 aromatic carbocycles. The summed E-state index contributed by atoms with van der Waals surface area (Å²) >= 11 is 0. The molecule has 1 aliphatic heterocycles. The molecule has 0 bridgehead atoms. The number of aliphatic hydroxyl groups is 1. The summed E-state index contributed by atoms with van der Waals surface area (Å²) in [6.07, 6.45) is 0.475. The van der Waals surface area contributed by atoms with E-state index in [9.17, 15) is 13.9 Å². The Hall–Kier alpha value is -1.00. The van der Waals surface area contributed by atoms with E-state index in [1.54, 1.807) is 0 Å². The van der Waals surface area contributed by atoms with Crippen LogP contribution in [0.25, 0.3) is 0 Å². The zero-order valence-corrected chi connectivity index (χ0v) is 8.12. The molecule has 0 saturated carbocycles. The summed E-state index contributed by atoms with van der Waals surface area (Å²) in [5.74, 6) is -1.84. The van der Waals surface area contributed by atoms with Gasteiger partial charge in [-0.2, -0.15) is 0 Å². The zero-order chi connectivity index (χ0) is 10.8. The van der Waals surface area contributed by atoms with Gasteiger partial charge in [-0.25, -0.2) is 8.78 Å². The van der Waals surface area contributed by atoms with E-state index in [-0.39, 0.29) is 6.10 Å². The number of benzene rings is 1. The molecule has 1 aromatic rings. The number of rotatable bonds is 2. The first-order valence-electron chi connectivity index (χ1n) is 4.93. The van der Waals surface area contributed by atoms with Crippen LogP contribution in [0.5, 0.6) is 0 Å². The van der Waals surface area contributed by atoms with Gasteiger partial charge in [0.25, 0.3) is 0 Å². The summed E-state index contributed by atoms with van der Waals surface area (Å²) in [5, 5.41) is 9.82. The van der Waals surface area contributed by atoms with E-state index in [0.29, 0.717) is 12.2 Å². The minimum absolute atomic E-state index is 0.296. The molecule has 1 saturated heterocycles. The Morgan fingerprint density at radius 2 is 2.13 bits per heavy atom. The fraction of sp³-hybridized carbons (Fsp3) is 0.455. The molecule has 82 valence electrons. The number of halogens is 2. The Morgan fingerprint density at radius 3 is 2.73 bits per heavy atom. The van der Waals surface area contributed by atoms with E-state index >= 15 is 0 Å². The van der Waals surface area contributed by atoms with Crippen LogP contribution in [0.1, 0.15) is 24.5 Å². The van der Waals surface area contributed by atoms with Crippen LogP contribution in [-0.2, 0) is 4.74 Å². The van der Waals surface area contributed by atoms with Gasteiger partial charge in [-0.05, 0) is 30.5 Å². The standard InChI is InChI=1S/C11H12F2O2/c12-8-4-3-7(6-9(8)13)11(14)10-2-1-5-15-10/h3-4,6,10-11,14H,1-2,5H2. The summed E-state index contributed by atoms with van der Waals surface area (Å²) in [4.78, 5) is 0. The molecule has 2 rings (SSSR count). The van der Waals surface area contributed by atoms with Crippen LogP contribution in [0.4, 0.5) is 8.78 Å². The van der Waals surface area contributed by atoms with E-state index in [1.165, 1.54) is 6.07 Å². The Balaban J connectivity index is 2.17. The van der Waals surface area contributed by atoms with Crippen molar-refractivity contribution in [2.75, 3.05) is 6.61 Å². The molecule has 0 radical (unpaired) electrons. The van der Waals surface area contributed by atoms with Crippen molar-refractivity contribution in [3.05, 3.63) is 35.4 Å². The fourth-order valence-electron chi connectivity index (χ4n) is 1.76. The van der Waals surface area contributed by atoms with Crippen molar-refractivity contribution in [1.82, 2.24) is 0 Å². The van der Waals surface area contributed by atoms with Gasteiger partial charge in [0.1, 0.15) is 6.10 Å². The molecule has 1 N–H and O–H groups in total. The average Bonchev–Trinajstić information content (AvgIpc) is 2.74. The summed E-state index contributed by atoms with van der Waals surface area (Å²) in [7, 11) is 0. The van der Waals surface area contributed by atoms with Crippen molar-refractivity contribution >= 4 is 0 Å². The van der Waals surface area contributed by atoms with Gasteiger partial charge in [0, 0.05) is 6.61 Å². The van der Waals surface area contributed by atoms with Crippen molar-refractivity contribution in [3.8, 4) is 0 Å². The number of ether oxygens (including phenoxy) is 1. The van der Waals surface area contributed by atoms with Gasteiger partial charge >= 0.3 is 0 Å². The molecule has 0 amide bonds. The smallest absolute Gasteiger partial charge is 0.159 e. The lowest BCUT2D eigenvalue weighted by Crippen LogP contribution is -2.17. The van der Waals surface area contributed by atoms with Crippen molar-refractivity contribution < 1.29 is 18.6 Å². The molecular formula is C11H12F2O2. The second-order valence-electron chi connectivity index (χ2n) is 3.67. The highest BCUT2D eigenvalue weighted by Crippen LogP contribution is 2.27. The highest BCUT2D eigenvalue weighted by atomic mass is 19.2. The predicted octanol–water partition coefficient (Wildman–Crippen LogP) is 2.18. The quantitative estimate of drug-likeness (QED) is 0.817. The fourth-order valence-corrected chi connectivity index (χ4v) is 1.76. The van der Waals surface area contributed by atoms with Gasteiger partial charge < -0.3 is 9.84 Å². The summed E-state index contributed by atoms with van der Waals surface area (Å²) in [6.45, 7) is 0.616. The van der Waals surface area contributed by atoms with Gasteiger partial charge in [0.05, 0.1) is 6.10 Å². The molecule has 2 unspecified atom stereocenters. The molecule has 1 heterocycles. The zero-order valence-electron chi connectivity index (χ0n) is 8.12. The molecule has 0 aliphatic carbocycles. The number of hydrogen-bond donors (Lipinski definition) is 1.